The molecule has 1 aliphatic heterocycles. The van der Waals surface area contributed by atoms with Gasteiger partial charge in [0.1, 0.15) is 0 Å². The average molecular weight is 363 g/mol. The standard InChI is InChI=1S/C4H3Br3Ge/c5-4-2-1-3-8(4,6)7/h1-3H. The van der Waals surface area contributed by atoms with Gasteiger partial charge in [0, 0.05) is 0 Å². The van der Waals surface area contributed by atoms with Crippen molar-refractivity contribution in [2.24, 2.45) is 0 Å². The predicted molar refractivity (Wildman–Crippen MR) is 49.8 cm³/mol. The quantitative estimate of drug-likeness (QED) is 0.580. The molecule has 8 heavy (non-hydrogen) atoms. The topological polar surface area (TPSA) is 0 Å². The molecule has 0 aromatic heterocycles. The van der Waals surface area contributed by atoms with Crippen LogP contribution in [-0.4, -0.2) is 9.58 Å². The van der Waals surface area contributed by atoms with Crippen LogP contribution >= 0.6 is 43.9 Å². The van der Waals surface area contributed by atoms with E-state index in [1.165, 1.54) is 3.31 Å². The van der Waals surface area contributed by atoms with Crippen LogP contribution in [0.25, 0.3) is 0 Å². The van der Waals surface area contributed by atoms with Crippen LogP contribution in [0, 0.1) is 0 Å². The molecule has 0 aromatic rings. The summed E-state index contributed by atoms with van der Waals surface area (Å²) >= 11 is 10.7. The number of halogens is 3. The van der Waals surface area contributed by atoms with Crippen molar-refractivity contribution in [2.75, 3.05) is 0 Å². The van der Waals surface area contributed by atoms with Crippen molar-refractivity contribution in [3.8, 4) is 0 Å². The fraction of sp³-hybridized carbons (Fsp3) is 0. The molecule has 1 heterocycles. The van der Waals surface area contributed by atoms with E-state index in [-0.39, 0.29) is 0 Å². The molecule has 1 aliphatic rings. The van der Waals surface area contributed by atoms with Crippen LogP contribution in [0.4, 0.5) is 0 Å². The van der Waals surface area contributed by atoms with Gasteiger partial charge in [-0.15, -0.1) is 0 Å². The Labute approximate surface area is 73.1 Å². The second-order valence-electron chi connectivity index (χ2n) is 1.50. The maximum atomic E-state index is 3.61. The molecule has 4 heteroatoms. The van der Waals surface area contributed by atoms with E-state index in [4.69, 9.17) is 0 Å². The molecule has 0 spiro atoms. The first-order valence-electron chi connectivity index (χ1n) is 2.06. The molecule has 0 fully saturated rings. The second-order valence-corrected chi connectivity index (χ2v) is 26.9. The molecule has 0 saturated carbocycles. The first-order chi connectivity index (χ1) is 3.63. The van der Waals surface area contributed by atoms with Crippen LogP contribution in [0.3, 0.4) is 0 Å². The molecule has 0 nitrogen and oxygen atoms in total. The first-order valence-corrected chi connectivity index (χ1v) is 14.9. The number of hydrogen-bond donors (Lipinski definition) is 0. The summed E-state index contributed by atoms with van der Waals surface area (Å²) < 4.78 is 1.29. The summed E-state index contributed by atoms with van der Waals surface area (Å²) in [6.45, 7) is 0. The molecule has 44 valence electrons. The van der Waals surface area contributed by atoms with Crippen LogP contribution in [0.1, 0.15) is 0 Å². The molecule has 0 N–H and O–H groups in total. The van der Waals surface area contributed by atoms with Crippen molar-refractivity contribution < 1.29 is 0 Å². The fourth-order valence-electron chi connectivity index (χ4n) is 0.444. The van der Waals surface area contributed by atoms with Gasteiger partial charge in [0.15, 0.2) is 0 Å². The molecule has 0 saturated heterocycles. The maximum absolute atomic E-state index is 3.61. The van der Waals surface area contributed by atoms with Gasteiger partial charge in [-0.2, -0.15) is 0 Å². The van der Waals surface area contributed by atoms with Crippen LogP contribution in [-0.2, 0) is 0 Å². The molecular formula is C4H3Br3Ge. The molecule has 0 aromatic carbocycles. The van der Waals surface area contributed by atoms with Gasteiger partial charge < -0.3 is 0 Å². The number of allylic oxidation sites excluding steroid dienone is 2. The Hall–Kier alpha value is 1.46. The van der Waals surface area contributed by atoms with E-state index in [0.717, 1.165) is 0 Å². The van der Waals surface area contributed by atoms with E-state index in [0.29, 0.717) is 0 Å². The average Bonchev–Trinajstić information content (AvgIpc) is 1.86. The van der Waals surface area contributed by atoms with E-state index in [2.05, 4.69) is 61.0 Å². The zero-order chi connectivity index (χ0) is 6.20. The molecule has 0 unspecified atom stereocenters. The Balaban J connectivity index is 2.87. The Morgan fingerprint density at radius 1 is 1.38 bits per heavy atom. The van der Waals surface area contributed by atoms with Gasteiger partial charge in [-0.25, -0.2) is 0 Å². The van der Waals surface area contributed by atoms with Gasteiger partial charge in [-0.3, -0.25) is 0 Å². The van der Waals surface area contributed by atoms with E-state index in [1.54, 1.807) is 0 Å². The van der Waals surface area contributed by atoms with Crippen molar-refractivity contribution in [1.82, 2.24) is 0 Å². The van der Waals surface area contributed by atoms with Gasteiger partial charge in [0.25, 0.3) is 0 Å². The first kappa shape index (κ1) is 7.57. The fourth-order valence-corrected chi connectivity index (χ4v) is 5.95. The third-order valence-corrected chi connectivity index (χ3v) is 20.1. The van der Waals surface area contributed by atoms with Crippen molar-refractivity contribution in [3.63, 3.8) is 0 Å². The Morgan fingerprint density at radius 3 is 2.12 bits per heavy atom. The van der Waals surface area contributed by atoms with Crippen molar-refractivity contribution in [3.05, 3.63) is 20.4 Å². The van der Waals surface area contributed by atoms with Gasteiger partial charge in [0.05, 0.1) is 0 Å². The number of rotatable bonds is 0. The van der Waals surface area contributed by atoms with E-state index in [1.807, 2.05) is 0 Å². The van der Waals surface area contributed by atoms with Crippen molar-refractivity contribution >= 4 is 53.5 Å². The molecule has 1 rings (SSSR count). The minimum absolute atomic E-state index is 1.29. The molecular weight excluding hydrogens is 360 g/mol. The summed E-state index contributed by atoms with van der Waals surface area (Å²) in [5.41, 5.74) is 0. The van der Waals surface area contributed by atoms with E-state index >= 15 is 0 Å². The Kier molecular flexibility index (Phi) is 2.46. The third kappa shape index (κ3) is 1.49. The van der Waals surface area contributed by atoms with E-state index < -0.39 is 9.58 Å². The SMILES string of the molecule is Br[C]1=CC=[CH][Ge]1([Br])[Br]. The zero-order valence-electron chi connectivity index (χ0n) is 3.87. The number of hydrogen-bond acceptors (Lipinski definition) is 0. The van der Waals surface area contributed by atoms with Crippen molar-refractivity contribution in [2.45, 2.75) is 0 Å². The van der Waals surface area contributed by atoms with Crippen molar-refractivity contribution in [1.29, 1.82) is 0 Å². The van der Waals surface area contributed by atoms with E-state index in [9.17, 15) is 0 Å². The summed E-state index contributed by atoms with van der Waals surface area (Å²) in [4.78, 5) is 2.20. The molecule has 0 radical (unpaired) electrons. The molecule has 0 bridgehead atoms. The summed E-state index contributed by atoms with van der Waals surface area (Å²) in [5.74, 6) is 0. The minimum atomic E-state index is -1.88. The van der Waals surface area contributed by atoms with Gasteiger partial charge >= 0.3 is 73.9 Å². The second kappa shape index (κ2) is 2.60. The summed E-state index contributed by atoms with van der Waals surface area (Å²) in [6.07, 6.45) is 4.14. The van der Waals surface area contributed by atoms with Gasteiger partial charge in [-0.1, -0.05) is 0 Å². The van der Waals surface area contributed by atoms with Crippen LogP contribution < -0.4 is 0 Å². The summed E-state index contributed by atoms with van der Waals surface area (Å²) in [6, 6.07) is 0. The molecule has 0 aliphatic carbocycles. The third-order valence-electron chi connectivity index (χ3n) is 0.867. The molecule has 0 atom stereocenters. The Morgan fingerprint density at radius 2 is 2.00 bits per heavy atom. The predicted octanol–water partition coefficient (Wildman–Crippen LogP) is 3.15. The Bertz CT molecular complexity index is 159. The van der Waals surface area contributed by atoms with Crippen LogP contribution in [0.5, 0.6) is 0 Å². The van der Waals surface area contributed by atoms with Gasteiger partial charge in [-0.05, 0) is 0 Å². The molecule has 0 amide bonds. The summed E-state index contributed by atoms with van der Waals surface area (Å²) in [5, 5.41) is 0. The zero-order valence-corrected chi connectivity index (χ0v) is 10.7. The monoisotopic (exact) mass is 362 g/mol. The summed E-state index contributed by atoms with van der Waals surface area (Å²) in [7, 11) is -1.88. The van der Waals surface area contributed by atoms with Gasteiger partial charge in [0.2, 0.25) is 0 Å². The van der Waals surface area contributed by atoms with Crippen LogP contribution in [0.15, 0.2) is 20.4 Å². The van der Waals surface area contributed by atoms with Crippen LogP contribution in [0.2, 0.25) is 0 Å². The normalized spacial score (nSPS) is 23.6.